The van der Waals surface area contributed by atoms with E-state index in [-0.39, 0.29) is 24.6 Å². The number of nitrogens with zero attached hydrogens (tertiary/aromatic N) is 2. The van der Waals surface area contributed by atoms with Crippen LogP contribution in [0.2, 0.25) is 0 Å². The van der Waals surface area contributed by atoms with E-state index in [1.54, 1.807) is 6.20 Å². The van der Waals surface area contributed by atoms with Gasteiger partial charge in [0.25, 0.3) is 5.56 Å². The molecule has 4 rings (SSSR count). The third-order valence-corrected chi connectivity index (χ3v) is 5.08. The quantitative estimate of drug-likeness (QED) is 0.669. The number of hydrogen-bond donors (Lipinski definition) is 0. The lowest BCUT2D eigenvalue weighted by Gasteiger charge is -2.16. The standard InChI is InChI=1S/C22H22N2O3/c1-15-5-4-10-24-20(25)13-19(23-22(15)24)14-27-21(26)12-16-8-9-17-6-2-3-7-18(17)11-16/h4-5,8-11,13H,2-3,6-7,12,14H2,1H3. The van der Waals surface area contributed by atoms with E-state index in [0.29, 0.717) is 11.3 Å². The van der Waals surface area contributed by atoms with Crippen LogP contribution in [0.5, 0.6) is 0 Å². The number of rotatable bonds is 4. The number of fused-ring (bicyclic) bond motifs is 2. The molecule has 0 N–H and O–H groups in total. The number of aromatic nitrogens is 2. The molecule has 3 aromatic rings. The van der Waals surface area contributed by atoms with E-state index in [2.05, 4.69) is 17.1 Å². The Hall–Kier alpha value is -2.95. The first kappa shape index (κ1) is 17.5. The van der Waals surface area contributed by atoms with Crippen molar-refractivity contribution in [2.45, 2.75) is 45.6 Å². The van der Waals surface area contributed by atoms with Crippen LogP contribution in [-0.2, 0) is 35.4 Å². The van der Waals surface area contributed by atoms with Crippen molar-refractivity contribution in [2.75, 3.05) is 0 Å². The van der Waals surface area contributed by atoms with Gasteiger partial charge in [-0.05, 0) is 60.9 Å². The molecule has 0 unspecified atom stereocenters. The Morgan fingerprint density at radius 1 is 1.15 bits per heavy atom. The fourth-order valence-electron chi connectivity index (χ4n) is 3.65. The van der Waals surface area contributed by atoms with E-state index in [0.717, 1.165) is 24.0 Å². The van der Waals surface area contributed by atoms with Gasteiger partial charge in [-0.2, -0.15) is 0 Å². The molecule has 0 radical (unpaired) electrons. The lowest BCUT2D eigenvalue weighted by Crippen LogP contribution is -2.17. The summed E-state index contributed by atoms with van der Waals surface area (Å²) in [7, 11) is 0. The van der Waals surface area contributed by atoms with Gasteiger partial charge in [0, 0.05) is 12.3 Å². The van der Waals surface area contributed by atoms with Gasteiger partial charge in [-0.25, -0.2) is 4.98 Å². The van der Waals surface area contributed by atoms with E-state index < -0.39 is 0 Å². The first-order valence-electron chi connectivity index (χ1n) is 9.34. The average molecular weight is 362 g/mol. The molecule has 0 saturated heterocycles. The molecule has 1 aromatic carbocycles. The van der Waals surface area contributed by atoms with Crippen LogP contribution in [0.4, 0.5) is 0 Å². The third-order valence-electron chi connectivity index (χ3n) is 5.08. The third kappa shape index (κ3) is 3.77. The predicted octanol–water partition coefficient (Wildman–Crippen LogP) is 3.17. The zero-order chi connectivity index (χ0) is 18.8. The topological polar surface area (TPSA) is 60.7 Å². The molecule has 27 heavy (non-hydrogen) atoms. The molecule has 5 heteroatoms. The van der Waals surface area contributed by atoms with Crippen molar-refractivity contribution in [3.63, 3.8) is 0 Å². The fourth-order valence-corrected chi connectivity index (χ4v) is 3.65. The SMILES string of the molecule is Cc1cccn2c(=O)cc(COC(=O)Cc3ccc4c(c3)CCCC4)nc12. The highest BCUT2D eigenvalue weighted by Gasteiger charge is 2.12. The molecule has 138 valence electrons. The summed E-state index contributed by atoms with van der Waals surface area (Å²) in [4.78, 5) is 28.9. The second-order valence-corrected chi connectivity index (χ2v) is 7.12. The molecule has 0 atom stereocenters. The summed E-state index contributed by atoms with van der Waals surface area (Å²) in [6.45, 7) is 1.90. The zero-order valence-corrected chi connectivity index (χ0v) is 15.4. The number of benzene rings is 1. The van der Waals surface area contributed by atoms with Crippen LogP contribution in [0.1, 0.15) is 40.8 Å². The van der Waals surface area contributed by atoms with Crippen LogP contribution in [0.3, 0.4) is 0 Å². The average Bonchev–Trinajstić information content (AvgIpc) is 2.67. The number of esters is 1. The smallest absolute Gasteiger partial charge is 0.310 e. The monoisotopic (exact) mass is 362 g/mol. The Kier molecular flexibility index (Phi) is 4.75. The molecule has 2 heterocycles. The molecular formula is C22H22N2O3. The highest BCUT2D eigenvalue weighted by atomic mass is 16.5. The molecule has 0 fully saturated rings. The minimum atomic E-state index is -0.308. The number of carbonyl (C=O) groups excluding carboxylic acids is 1. The van der Waals surface area contributed by atoms with E-state index in [4.69, 9.17) is 4.74 Å². The lowest BCUT2D eigenvalue weighted by molar-refractivity contribution is -0.144. The van der Waals surface area contributed by atoms with Gasteiger partial charge in [-0.1, -0.05) is 24.3 Å². The summed E-state index contributed by atoms with van der Waals surface area (Å²) in [5.41, 5.74) is 5.50. The van der Waals surface area contributed by atoms with Crippen LogP contribution < -0.4 is 5.56 Å². The summed E-state index contributed by atoms with van der Waals surface area (Å²) in [5, 5.41) is 0. The number of hydrogen-bond acceptors (Lipinski definition) is 4. The Bertz CT molecular complexity index is 1070. The molecule has 0 amide bonds. The number of aryl methyl sites for hydroxylation is 3. The Morgan fingerprint density at radius 3 is 2.81 bits per heavy atom. The molecule has 1 aliphatic rings. The molecule has 0 saturated carbocycles. The second-order valence-electron chi connectivity index (χ2n) is 7.12. The molecule has 0 spiro atoms. The lowest BCUT2D eigenvalue weighted by atomic mass is 9.90. The van der Waals surface area contributed by atoms with Gasteiger partial charge >= 0.3 is 5.97 Å². The normalized spacial score (nSPS) is 13.4. The van der Waals surface area contributed by atoms with Crippen LogP contribution >= 0.6 is 0 Å². The summed E-state index contributed by atoms with van der Waals surface area (Å²) >= 11 is 0. The Labute approximate surface area is 157 Å². The Morgan fingerprint density at radius 2 is 1.96 bits per heavy atom. The molecule has 5 nitrogen and oxygen atoms in total. The number of pyridine rings is 1. The Balaban J connectivity index is 1.44. The number of carbonyl (C=O) groups is 1. The van der Waals surface area contributed by atoms with Crippen LogP contribution in [0.15, 0.2) is 47.4 Å². The van der Waals surface area contributed by atoms with Gasteiger partial charge < -0.3 is 4.74 Å². The van der Waals surface area contributed by atoms with E-state index in [9.17, 15) is 9.59 Å². The number of ether oxygens (including phenoxy) is 1. The fraction of sp³-hybridized carbons (Fsp3) is 0.318. The summed E-state index contributed by atoms with van der Waals surface area (Å²) in [5.74, 6) is -0.308. The highest BCUT2D eigenvalue weighted by molar-refractivity contribution is 5.72. The van der Waals surface area contributed by atoms with Gasteiger partial charge in [0.15, 0.2) is 0 Å². The maximum Gasteiger partial charge on any atom is 0.310 e. The maximum atomic E-state index is 12.2. The van der Waals surface area contributed by atoms with Gasteiger partial charge in [0.05, 0.1) is 12.1 Å². The van der Waals surface area contributed by atoms with Crippen molar-refractivity contribution in [3.05, 3.63) is 80.9 Å². The first-order valence-corrected chi connectivity index (χ1v) is 9.34. The zero-order valence-electron chi connectivity index (χ0n) is 15.4. The molecule has 2 aromatic heterocycles. The van der Waals surface area contributed by atoms with Crippen LogP contribution in [-0.4, -0.2) is 15.4 Å². The minimum absolute atomic E-state index is 0.00382. The highest BCUT2D eigenvalue weighted by Crippen LogP contribution is 2.22. The van der Waals surface area contributed by atoms with E-state index in [1.165, 1.54) is 34.4 Å². The van der Waals surface area contributed by atoms with Gasteiger partial charge in [-0.15, -0.1) is 0 Å². The summed E-state index contributed by atoms with van der Waals surface area (Å²) < 4.78 is 6.86. The molecular weight excluding hydrogens is 340 g/mol. The molecule has 0 bridgehead atoms. The van der Waals surface area contributed by atoms with Gasteiger partial charge in [0.1, 0.15) is 12.3 Å². The van der Waals surface area contributed by atoms with Crippen LogP contribution in [0.25, 0.3) is 5.65 Å². The predicted molar refractivity (Wildman–Crippen MR) is 103 cm³/mol. The van der Waals surface area contributed by atoms with E-state index >= 15 is 0 Å². The van der Waals surface area contributed by atoms with Gasteiger partial charge in [0.2, 0.25) is 0 Å². The van der Waals surface area contributed by atoms with E-state index in [1.807, 2.05) is 25.1 Å². The minimum Gasteiger partial charge on any atom is -0.459 e. The van der Waals surface area contributed by atoms with Crippen LogP contribution in [0, 0.1) is 6.92 Å². The van der Waals surface area contributed by atoms with Crippen molar-refractivity contribution >= 4 is 11.6 Å². The maximum absolute atomic E-state index is 12.2. The first-order chi connectivity index (χ1) is 13.1. The van der Waals surface area contributed by atoms with Crippen molar-refractivity contribution in [1.29, 1.82) is 0 Å². The summed E-state index contributed by atoms with van der Waals surface area (Å²) in [6, 6.07) is 11.4. The largest absolute Gasteiger partial charge is 0.459 e. The van der Waals surface area contributed by atoms with Gasteiger partial charge in [-0.3, -0.25) is 14.0 Å². The van der Waals surface area contributed by atoms with Crippen molar-refractivity contribution in [3.8, 4) is 0 Å². The molecule has 0 aliphatic heterocycles. The summed E-state index contributed by atoms with van der Waals surface area (Å²) in [6.07, 6.45) is 6.59. The van der Waals surface area contributed by atoms with Crippen molar-refractivity contribution in [1.82, 2.24) is 9.38 Å². The van der Waals surface area contributed by atoms with Crippen molar-refractivity contribution < 1.29 is 9.53 Å². The second kappa shape index (κ2) is 7.35. The molecule has 1 aliphatic carbocycles. The van der Waals surface area contributed by atoms with Crippen molar-refractivity contribution in [2.24, 2.45) is 0 Å².